The van der Waals surface area contributed by atoms with Gasteiger partial charge in [-0.15, -0.1) is 0 Å². The van der Waals surface area contributed by atoms with E-state index < -0.39 is 6.10 Å². The van der Waals surface area contributed by atoms with Gasteiger partial charge in [0.15, 0.2) is 0 Å². The SMILES string of the molecule is O[C@@H](CN1CCc2ccccc2C1)[C@@H](S)COc1cccc(-c2cccc3cccnc23)c1. The molecule has 4 aromatic rings. The molecule has 1 aliphatic rings. The van der Waals surface area contributed by atoms with Gasteiger partial charge in [-0.25, -0.2) is 0 Å². The molecule has 4 nitrogen and oxygen atoms in total. The molecule has 1 aromatic heterocycles. The lowest BCUT2D eigenvalue weighted by atomic mass is 9.99. The van der Waals surface area contributed by atoms with Crippen molar-refractivity contribution in [2.75, 3.05) is 19.7 Å². The second-order valence-corrected chi connectivity index (χ2v) is 9.27. The van der Waals surface area contributed by atoms with Crippen LogP contribution in [0.2, 0.25) is 0 Å². The standard InChI is InChI=1S/C28H28N2O2S/c31-26(18-30-15-13-20-6-1-2-7-23(20)17-30)27(33)19-32-24-11-3-9-22(16-24)25-12-4-8-21-10-5-14-29-28(21)25/h1-12,14,16,26-27,31,33H,13,15,17-19H2/t26-,27-/m0/s1. The Morgan fingerprint density at radius 2 is 1.79 bits per heavy atom. The number of aliphatic hydroxyl groups is 1. The first-order valence-electron chi connectivity index (χ1n) is 11.4. The summed E-state index contributed by atoms with van der Waals surface area (Å²) in [6, 6.07) is 26.8. The summed E-state index contributed by atoms with van der Waals surface area (Å²) in [6.07, 6.45) is 2.27. The number of aromatic nitrogens is 1. The van der Waals surface area contributed by atoms with Crippen LogP contribution in [0.3, 0.4) is 0 Å². The Balaban J connectivity index is 1.21. The van der Waals surface area contributed by atoms with Gasteiger partial charge in [-0.05, 0) is 41.3 Å². The number of hydrogen-bond donors (Lipinski definition) is 2. The van der Waals surface area contributed by atoms with Gasteiger partial charge < -0.3 is 9.84 Å². The Morgan fingerprint density at radius 1 is 0.970 bits per heavy atom. The fraction of sp³-hybridized carbons (Fsp3) is 0.250. The molecule has 2 heterocycles. The smallest absolute Gasteiger partial charge is 0.119 e. The van der Waals surface area contributed by atoms with Crippen molar-refractivity contribution < 1.29 is 9.84 Å². The monoisotopic (exact) mass is 456 g/mol. The zero-order valence-corrected chi connectivity index (χ0v) is 19.4. The number of thiol groups is 1. The van der Waals surface area contributed by atoms with Crippen molar-refractivity contribution in [3.8, 4) is 16.9 Å². The van der Waals surface area contributed by atoms with Crippen molar-refractivity contribution >= 4 is 23.5 Å². The van der Waals surface area contributed by atoms with E-state index in [4.69, 9.17) is 4.74 Å². The number of fused-ring (bicyclic) bond motifs is 2. The normalized spacial score (nSPS) is 15.7. The van der Waals surface area contributed by atoms with Crippen molar-refractivity contribution in [2.45, 2.75) is 24.3 Å². The van der Waals surface area contributed by atoms with E-state index >= 15 is 0 Å². The van der Waals surface area contributed by atoms with Crippen molar-refractivity contribution in [2.24, 2.45) is 0 Å². The molecule has 0 spiro atoms. The van der Waals surface area contributed by atoms with Crippen LogP contribution in [0.25, 0.3) is 22.0 Å². The van der Waals surface area contributed by atoms with Gasteiger partial charge in [0.2, 0.25) is 0 Å². The van der Waals surface area contributed by atoms with E-state index in [1.165, 1.54) is 11.1 Å². The number of ether oxygens (including phenoxy) is 1. The summed E-state index contributed by atoms with van der Waals surface area (Å²) < 4.78 is 6.03. The molecule has 0 radical (unpaired) electrons. The number of rotatable bonds is 7. The van der Waals surface area contributed by atoms with E-state index in [0.717, 1.165) is 47.3 Å². The Bertz CT molecular complexity index is 1240. The summed E-state index contributed by atoms with van der Waals surface area (Å²) in [7, 11) is 0. The second kappa shape index (κ2) is 9.96. The molecule has 0 fully saturated rings. The first-order chi connectivity index (χ1) is 16.2. The lowest BCUT2D eigenvalue weighted by Crippen LogP contribution is -2.41. The highest BCUT2D eigenvalue weighted by molar-refractivity contribution is 7.81. The molecule has 1 aliphatic heterocycles. The topological polar surface area (TPSA) is 45.6 Å². The summed E-state index contributed by atoms with van der Waals surface area (Å²) in [5.74, 6) is 0.763. The van der Waals surface area contributed by atoms with Crippen molar-refractivity contribution in [1.82, 2.24) is 9.88 Å². The summed E-state index contributed by atoms with van der Waals surface area (Å²) >= 11 is 4.64. The molecule has 5 rings (SSSR count). The quantitative estimate of drug-likeness (QED) is 0.384. The molecule has 33 heavy (non-hydrogen) atoms. The van der Waals surface area contributed by atoms with Gasteiger partial charge in [-0.2, -0.15) is 12.6 Å². The first kappa shape index (κ1) is 22.0. The van der Waals surface area contributed by atoms with Crippen molar-refractivity contribution in [3.05, 3.63) is 96.2 Å². The third-order valence-electron chi connectivity index (χ3n) is 6.30. The summed E-state index contributed by atoms with van der Waals surface area (Å²) in [5, 5.41) is 11.6. The number of β-amino-alcohol motifs (C(OH)–C–C–N with tert-alkyl or cyclic N) is 1. The zero-order valence-electron chi connectivity index (χ0n) is 18.5. The maximum Gasteiger partial charge on any atom is 0.119 e. The molecular weight excluding hydrogens is 428 g/mol. The summed E-state index contributed by atoms with van der Waals surface area (Å²) in [6.45, 7) is 2.76. The largest absolute Gasteiger partial charge is 0.492 e. The van der Waals surface area contributed by atoms with E-state index in [0.29, 0.717) is 13.2 Å². The van der Waals surface area contributed by atoms with Gasteiger partial charge in [0.05, 0.1) is 16.9 Å². The molecule has 1 N–H and O–H groups in total. The van der Waals surface area contributed by atoms with E-state index in [1.54, 1.807) is 0 Å². The van der Waals surface area contributed by atoms with Crippen LogP contribution in [-0.2, 0) is 13.0 Å². The molecule has 0 unspecified atom stereocenters. The molecule has 5 heteroatoms. The highest BCUT2D eigenvalue weighted by Crippen LogP contribution is 2.29. The Kier molecular flexibility index (Phi) is 6.63. The molecule has 3 aromatic carbocycles. The molecule has 0 aliphatic carbocycles. The van der Waals surface area contributed by atoms with Crippen LogP contribution >= 0.6 is 12.6 Å². The third kappa shape index (κ3) is 5.06. The molecule has 2 atom stereocenters. The maximum absolute atomic E-state index is 10.7. The lowest BCUT2D eigenvalue weighted by molar-refractivity contribution is 0.0913. The number of para-hydroxylation sites is 1. The highest BCUT2D eigenvalue weighted by atomic mass is 32.1. The first-order valence-corrected chi connectivity index (χ1v) is 11.9. The molecule has 0 amide bonds. The minimum absolute atomic E-state index is 0.273. The van der Waals surface area contributed by atoms with Crippen LogP contribution in [0.15, 0.2) is 85.1 Å². The van der Waals surface area contributed by atoms with E-state index in [9.17, 15) is 5.11 Å². The van der Waals surface area contributed by atoms with Gasteiger partial charge in [0.1, 0.15) is 12.4 Å². The number of hydrogen-bond acceptors (Lipinski definition) is 5. The van der Waals surface area contributed by atoms with Crippen LogP contribution in [-0.4, -0.2) is 46.0 Å². The minimum atomic E-state index is -0.566. The molecular formula is C28H28N2O2S. The molecule has 168 valence electrons. The van der Waals surface area contributed by atoms with Gasteiger partial charge in [0.25, 0.3) is 0 Å². The number of nitrogens with zero attached hydrogens (tertiary/aromatic N) is 2. The minimum Gasteiger partial charge on any atom is -0.492 e. The van der Waals surface area contributed by atoms with Gasteiger partial charge >= 0.3 is 0 Å². The van der Waals surface area contributed by atoms with Crippen LogP contribution in [0.1, 0.15) is 11.1 Å². The number of benzene rings is 3. The molecule has 0 bridgehead atoms. The van der Waals surface area contributed by atoms with Gasteiger partial charge in [-0.1, -0.05) is 60.7 Å². The fourth-order valence-corrected chi connectivity index (χ4v) is 4.65. The number of aliphatic hydroxyl groups excluding tert-OH is 1. The van der Waals surface area contributed by atoms with Crippen LogP contribution in [0, 0.1) is 0 Å². The Hall–Kier alpha value is -2.86. The predicted molar refractivity (Wildman–Crippen MR) is 137 cm³/mol. The van der Waals surface area contributed by atoms with E-state index in [-0.39, 0.29) is 5.25 Å². The third-order valence-corrected chi connectivity index (χ3v) is 6.79. The van der Waals surface area contributed by atoms with Crippen LogP contribution in [0.5, 0.6) is 5.75 Å². The zero-order chi connectivity index (χ0) is 22.6. The van der Waals surface area contributed by atoms with Crippen molar-refractivity contribution in [1.29, 1.82) is 0 Å². The number of pyridine rings is 1. The van der Waals surface area contributed by atoms with E-state index in [1.807, 2.05) is 36.5 Å². The Labute approximate surface area is 200 Å². The van der Waals surface area contributed by atoms with Crippen LogP contribution < -0.4 is 4.74 Å². The van der Waals surface area contributed by atoms with E-state index in [2.05, 4.69) is 71.0 Å². The Morgan fingerprint density at radius 3 is 2.70 bits per heavy atom. The highest BCUT2D eigenvalue weighted by Gasteiger charge is 2.22. The lowest BCUT2D eigenvalue weighted by Gasteiger charge is -2.31. The van der Waals surface area contributed by atoms with Crippen molar-refractivity contribution in [3.63, 3.8) is 0 Å². The summed E-state index contributed by atoms with van der Waals surface area (Å²) in [5.41, 5.74) is 5.87. The summed E-state index contributed by atoms with van der Waals surface area (Å²) in [4.78, 5) is 6.86. The average molecular weight is 457 g/mol. The van der Waals surface area contributed by atoms with Gasteiger partial charge in [-0.3, -0.25) is 9.88 Å². The predicted octanol–water partition coefficient (Wildman–Crippen LogP) is 5.00. The fourth-order valence-electron chi connectivity index (χ4n) is 4.48. The second-order valence-electron chi connectivity index (χ2n) is 8.61. The average Bonchev–Trinajstić information content (AvgIpc) is 2.87. The molecule has 0 saturated carbocycles. The van der Waals surface area contributed by atoms with Crippen LogP contribution in [0.4, 0.5) is 0 Å². The van der Waals surface area contributed by atoms with Gasteiger partial charge in [0, 0.05) is 36.8 Å². The molecule has 0 saturated heterocycles. The maximum atomic E-state index is 10.7.